The molecule has 2 rings (SSSR count). The summed E-state index contributed by atoms with van der Waals surface area (Å²) in [5.74, 6) is 0. The fraction of sp³-hybridized carbons (Fsp3) is 0.786. The highest BCUT2D eigenvalue weighted by Crippen LogP contribution is 2.27. The zero-order valence-corrected chi connectivity index (χ0v) is 11.2. The summed E-state index contributed by atoms with van der Waals surface area (Å²) in [5, 5.41) is 7.92. The molecule has 1 atom stereocenters. The van der Waals surface area contributed by atoms with E-state index in [4.69, 9.17) is 0 Å². The average Bonchev–Trinajstić information content (AvgIpc) is 2.67. The van der Waals surface area contributed by atoms with Crippen LogP contribution in [0.4, 0.5) is 0 Å². The average molecular weight is 235 g/mol. The highest BCUT2D eigenvalue weighted by molar-refractivity contribution is 5.10. The molecule has 0 saturated heterocycles. The van der Waals surface area contributed by atoms with E-state index in [1.54, 1.807) is 0 Å². The Labute approximate surface area is 105 Å². The maximum Gasteiger partial charge on any atom is 0.0537 e. The maximum absolute atomic E-state index is 4.58. The molecule has 1 aromatic heterocycles. The predicted molar refractivity (Wildman–Crippen MR) is 71.1 cm³/mol. The van der Waals surface area contributed by atoms with Gasteiger partial charge in [0.25, 0.3) is 0 Å². The first-order valence-electron chi connectivity index (χ1n) is 7.06. The van der Waals surface area contributed by atoms with Gasteiger partial charge >= 0.3 is 0 Å². The molecule has 1 saturated carbocycles. The predicted octanol–water partition coefficient (Wildman–Crippen LogP) is 3.45. The van der Waals surface area contributed by atoms with Gasteiger partial charge in [-0.05, 0) is 26.3 Å². The van der Waals surface area contributed by atoms with Gasteiger partial charge in [-0.1, -0.05) is 32.6 Å². The van der Waals surface area contributed by atoms with Gasteiger partial charge in [0.2, 0.25) is 0 Å². The third-order valence-electron chi connectivity index (χ3n) is 3.98. The van der Waals surface area contributed by atoms with Crippen LogP contribution in [-0.4, -0.2) is 16.8 Å². The van der Waals surface area contributed by atoms with Crippen molar-refractivity contribution in [2.45, 2.75) is 64.0 Å². The van der Waals surface area contributed by atoms with Gasteiger partial charge in [-0.3, -0.25) is 4.68 Å². The third kappa shape index (κ3) is 3.09. The molecule has 17 heavy (non-hydrogen) atoms. The molecule has 1 heterocycles. The lowest BCUT2D eigenvalue weighted by atomic mass is 10.1. The van der Waals surface area contributed by atoms with Crippen LogP contribution in [0.2, 0.25) is 0 Å². The monoisotopic (exact) mass is 235 g/mol. The van der Waals surface area contributed by atoms with Crippen molar-refractivity contribution in [3.8, 4) is 0 Å². The molecule has 1 aliphatic carbocycles. The van der Waals surface area contributed by atoms with Crippen LogP contribution < -0.4 is 5.32 Å². The van der Waals surface area contributed by atoms with Crippen molar-refractivity contribution in [1.29, 1.82) is 0 Å². The SMILES string of the molecule is CCC(NC)c1cnn(C2CCCCCC2)c1. The van der Waals surface area contributed by atoms with Crippen LogP contribution in [0.1, 0.15) is 69.5 Å². The standard InChI is InChI=1S/C14H25N3/c1-3-14(15-2)12-10-16-17(11-12)13-8-6-4-5-7-9-13/h10-11,13-15H,3-9H2,1-2H3. The molecule has 0 radical (unpaired) electrons. The van der Waals surface area contributed by atoms with Crippen molar-refractivity contribution in [2.24, 2.45) is 0 Å². The van der Waals surface area contributed by atoms with E-state index >= 15 is 0 Å². The van der Waals surface area contributed by atoms with Gasteiger partial charge in [0.1, 0.15) is 0 Å². The molecule has 1 unspecified atom stereocenters. The highest BCUT2D eigenvalue weighted by atomic mass is 15.3. The second-order valence-electron chi connectivity index (χ2n) is 5.15. The number of nitrogens with zero attached hydrogens (tertiary/aromatic N) is 2. The van der Waals surface area contributed by atoms with Gasteiger partial charge in [0.05, 0.1) is 12.2 Å². The van der Waals surface area contributed by atoms with Crippen LogP contribution >= 0.6 is 0 Å². The quantitative estimate of drug-likeness (QED) is 0.810. The Morgan fingerprint density at radius 1 is 1.35 bits per heavy atom. The van der Waals surface area contributed by atoms with E-state index in [9.17, 15) is 0 Å². The van der Waals surface area contributed by atoms with Crippen molar-refractivity contribution in [1.82, 2.24) is 15.1 Å². The molecule has 1 N–H and O–H groups in total. The molecule has 1 fully saturated rings. The van der Waals surface area contributed by atoms with Gasteiger partial charge in [0.15, 0.2) is 0 Å². The van der Waals surface area contributed by atoms with Crippen molar-refractivity contribution < 1.29 is 0 Å². The summed E-state index contributed by atoms with van der Waals surface area (Å²) in [5.41, 5.74) is 1.33. The van der Waals surface area contributed by atoms with Crippen molar-refractivity contribution in [3.63, 3.8) is 0 Å². The first-order chi connectivity index (χ1) is 8.35. The van der Waals surface area contributed by atoms with Crippen molar-refractivity contribution in [3.05, 3.63) is 18.0 Å². The fourth-order valence-corrected chi connectivity index (χ4v) is 2.86. The lowest BCUT2D eigenvalue weighted by Gasteiger charge is -2.15. The van der Waals surface area contributed by atoms with Crippen LogP contribution in [0.15, 0.2) is 12.4 Å². The van der Waals surface area contributed by atoms with E-state index in [2.05, 4.69) is 28.2 Å². The summed E-state index contributed by atoms with van der Waals surface area (Å²) >= 11 is 0. The van der Waals surface area contributed by atoms with Gasteiger partial charge in [-0.15, -0.1) is 0 Å². The summed E-state index contributed by atoms with van der Waals surface area (Å²) in [6.45, 7) is 2.21. The second-order valence-corrected chi connectivity index (χ2v) is 5.15. The number of aromatic nitrogens is 2. The Morgan fingerprint density at radius 2 is 2.06 bits per heavy atom. The van der Waals surface area contributed by atoms with Gasteiger partial charge in [-0.25, -0.2) is 0 Å². The molecule has 0 amide bonds. The minimum absolute atomic E-state index is 0.453. The van der Waals surface area contributed by atoms with E-state index in [1.165, 1.54) is 44.1 Å². The summed E-state index contributed by atoms with van der Waals surface area (Å²) in [6, 6.07) is 1.09. The van der Waals surface area contributed by atoms with E-state index < -0.39 is 0 Å². The third-order valence-corrected chi connectivity index (χ3v) is 3.98. The number of hydrogen-bond donors (Lipinski definition) is 1. The molecule has 3 heteroatoms. The van der Waals surface area contributed by atoms with Gasteiger partial charge in [0, 0.05) is 17.8 Å². The highest BCUT2D eigenvalue weighted by Gasteiger charge is 2.16. The molecular weight excluding hydrogens is 210 g/mol. The topological polar surface area (TPSA) is 29.9 Å². The summed E-state index contributed by atoms with van der Waals surface area (Å²) in [7, 11) is 2.02. The molecule has 0 aliphatic heterocycles. The lowest BCUT2D eigenvalue weighted by molar-refractivity contribution is 0.405. The zero-order chi connectivity index (χ0) is 12.1. The molecular formula is C14H25N3. The Bertz CT molecular complexity index is 320. The summed E-state index contributed by atoms with van der Waals surface area (Å²) in [6.07, 6.45) is 13.5. The molecule has 0 aromatic carbocycles. The molecule has 3 nitrogen and oxygen atoms in total. The van der Waals surface area contributed by atoms with Gasteiger partial charge < -0.3 is 5.32 Å². The maximum atomic E-state index is 4.58. The first-order valence-corrected chi connectivity index (χ1v) is 7.06. The normalized spacial score (nSPS) is 20.1. The van der Waals surface area contributed by atoms with Gasteiger partial charge in [-0.2, -0.15) is 5.10 Å². The minimum Gasteiger partial charge on any atom is -0.313 e. The van der Waals surface area contributed by atoms with Crippen LogP contribution in [0.5, 0.6) is 0 Å². The molecule has 0 bridgehead atoms. The van der Waals surface area contributed by atoms with E-state index in [0.717, 1.165) is 6.42 Å². The minimum atomic E-state index is 0.453. The number of hydrogen-bond acceptors (Lipinski definition) is 2. The second kappa shape index (κ2) is 6.20. The lowest BCUT2D eigenvalue weighted by Crippen LogP contribution is -2.14. The van der Waals surface area contributed by atoms with E-state index in [1.807, 2.05) is 13.2 Å². The van der Waals surface area contributed by atoms with Crippen LogP contribution in [0.25, 0.3) is 0 Å². The first kappa shape index (κ1) is 12.6. The Kier molecular flexibility index (Phi) is 4.60. The van der Waals surface area contributed by atoms with Crippen LogP contribution in [-0.2, 0) is 0 Å². The van der Waals surface area contributed by atoms with E-state index in [0.29, 0.717) is 12.1 Å². The molecule has 1 aromatic rings. The smallest absolute Gasteiger partial charge is 0.0537 e. The van der Waals surface area contributed by atoms with Crippen LogP contribution in [0.3, 0.4) is 0 Å². The number of rotatable bonds is 4. The Balaban J connectivity index is 2.05. The fourth-order valence-electron chi connectivity index (χ4n) is 2.86. The Hall–Kier alpha value is -0.830. The van der Waals surface area contributed by atoms with Crippen LogP contribution in [0, 0.1) is 0 Å². The summed E-state index contributed by atoms with van der Waals surface area (Å²) in [4.78, 5) is 0. The molecule has 96 valence electrons. The largest absolute Gasteiger partial charge is 0.313 e. The van der Waals surface area contributed by atoms with Crippen molar-refractivity contribution >= 4 is 0 Å². The summed E-state index contributed by atoms with van der Waals surface area (Å²) < 4.78 is 2.21. The van der Waals surface area contributed by atoms with E-state index in [-0.39, 0.29) is 0 Å². The Morgan fingerprint density at radius 3 is 2.65 bits per heavy atom. The molecule has 1 aliphatic rings. The molecule has 0 spiro atoms. The van der Waals surface area contributed by atoms with Crippen molar-refractivity contribution in [2.75, 3.05) is 7.05 Å². The number of nitrogens with one attached hydrogen (secondary N) is 1. The zero-order valence-electron chi connectivity index (χ0n) is 11.2.